The lowest BCUT2D eigenvalue weighted by Gasteiger charge is -2.09. The minimum Gasteiger partial charge on any atom is -0.477 e. The number of hydrogen-bond donors (Lipinski definition) is 1. The Bertz CT molecular complexity index is 342. The molecule has 1 aromatic rings. The number of halogens is 3. The number of anilines is 1. The molecule has 0 spiro atoms. The minimum absolute atomic E-state index is 0.204. The van der Waals surface area contributed by atoms with E-state index in [-0.39, 0.29) is 5.88 Å². The molecule has 0 saturated carbocycles. The van der Waals surface area contributed by atoms with E-state index in [0.717, 1.165) is 13.0 Å². The van der Waals surface area contributed by atoms with Gasteiger partial charge in [-0.1, -0.05) is 13.0 Å². The smallest absolute Gasteiger partial charge is 0.392 e. The largest absolute Gasteiger partial charge is 0.477 e. The third-order valence-electron chi connectivity index (χ3n) is 1.92. The molecule has 0 fully saturated rings. The van der Waals surface area contributed by atoms with Gasteiger partial charge in [-0.05, 0) is 12.5 Å². The van der Waals surface area contributed by atoms with Gasteiger partial charge in [-0.2, -0.15) is 18.2 Å². The third kappa shape index (κ3) is 5.99. The fourth-order valence-corrected chi connectivity index (χ4v) is 1.12. The van der Waals surface area contributed by atoms with Crippen molar-refractivity contribution in [1.29, 1.82) is 0 Å². The summed E-state index contributed by atoms with van der Waals surface area (Å²) in [5, 5.41) is 3.03. The summed E-state index contributed by atoms with van der Waals surface area (Å²) in [6, 6.07) is 4.97. The van der Waals surface area contributed by atoms with Crippen molar-refractivity contribution < 1.29 is 17.9 Å². The van der Waals surface area contributed by atoms with E-state index in [1.807, 2.05) is 6.92 Å². The first-order chi connectivity index (χ1) is 8.01. The van der Waals surface area contributed by atoms with E-state index in [4.69, 9.17) is 4.74 Å². The summed E-state index contributed by atoms with van der Waals surface area (Å²) in [5.74, 6) is 0.812. The second-order valence-electron chi connectivity index (χ2n) is 3.50. The lowest BCUT2D eigenvalue weighted by atomic mass is 10.4. The lowest BCUT2D eigenvalue weighted by molar-refractivity contribution is -0.139. The highest BCUT2D eigenvalue weighted by Gasteiger charge is 2.26. The Balaban J connectivity index is 2.43. The van der Waals surface area contributed by atoms with Crippen LogP contribution in [0.1, 0.15) is 19.8 Å². The predicted octanol–water partition coefficient (Wildman–Crippen LogP) is 3.23. The fourth-order valence-electron chi connectivity index (χ4n) is 1.12. The normalized spacial score (nSPS) is 11.3. The van der Waals surface area contributed by atoms with Crippen LogP contribution in [0.4, 0.5) is 19.0 Å². The molecule has 1 N–H and O–H groups in total. The summed E-state index contributed by atoms with van der Waals surface area (Å²) in [5.41, 5.74) is 0. The van der Waals surface area contributed by atoms with E-state index in [0.29, 0.717) is 5.82 Å². The summed E-state index contributed by atoms with van der Waals surface area (Å²) in [4.78, 5) is 4.03. The van der Waals surface area contributed by atoms with Crippen molar-refractivity contribution in [2.75, 3.05) is 18.5 Å². The maximum absolute atomic E-state index is 11.9. The monoisotopic (exact) mass is 248 g/mol. The number of hydrogen-bond acceptors (Lipinski definition) is 3. The van der Waals surface area contributed by atoms with Gasteiger partial charge in [0.1, 0.15) is 5.82 Å². The van der Waals surface area contributed by atoms with E-state index in [9.17, 15) is 13.2 Å². The second kappa shape index (κ2) is 6.32. The van der Waals surface area contributed by atoms with Gasteiger partial charge in [-0.3, -0.25) is 0 Å². The summed E-state index contributed by atoms with van der Waals surface area (Å²) in [6.45, 7) is 2.36. The molecule has 0 aliphatic heterocycles. The minimum atomic E-state index is -4.20. The Morgan fingerprint density at radius 1 is 1.35 bits per heavy atom. The van der Waals surface area contributed by atoms with Crippen molar-refractivity contribution in [3.63, 3.8) is 0 Å². The van der Waals surface area contributed by atoms with Crippen LogP contribution < -0.4 is 10.1 Å². The quantitative estimate of drug-likeness (QED) is 0.839. The van der Waals surface area contributed by atoms with Crippen molar-refractivity contribution in [1.82, 2.24) is 4.98 Å². The topological polar surface area (TPSA) is 34.1 Å². The first-order valence-corrected chi connectivity index (χ1v) is 5.42. The van der Waals surface area contributed by atoms with Crippen molar-refractivity contribution >= 4 is 5.82 Å². The van der Waals surface area contributed by atoms with Crippen LogP contribution in [0.2, 0.25) is 0 Å². The number of nitrogens with one attached hydrogen (secondary N) is 1. The second-order valence-corrected chi connectivity index (χ2v) is 3.50. The van der Waals surface area contributed by atoms with Crippen molar-refractivity contribution in [3.05, 3.63) is 18.2 Å². The van der Waals surface area contributed by atoms with Gasteiger partial charge in [-0.25, -0.2) is 0 Å². The molecule has 0 aliphatic rings. The first kappa shape index (κ1) is 13.6. The van der Waals surface area contributed by atoms with Gasteiger partial charge in [-0.15, -0.1) is 0 Å². The summed E-state index contributed by atoms with van der Waals surface area (Å²) < 4.78 is 40.6. The highest BCUT2D eigenvalue weighted by molar-refractivity contribution is 5.36. The first-order valence-electron chi connectivity index (χ1n) is 5.42. The van der Waals surface area contributed by atoms with Crippen LogP contribution in [-0.4, -0.2) is 24.3 Å². The molecule has 0 atom stereocenters. The number of aromatic nitrogens is 1. The fraction of sp³-hybridized carbons (Fsp3) is 0.545. The highest BCUT2D eigenvalue weighted by Crippen LogP contribution is 2.20. The number of ether oxygens (including phenoxy) is 1. The molecule has 0 radical (unpaired) electrons. The molecule has 0 saturated heterocycles. The van der Waals surface area contributed by atoms with Gasteiger partial charge in [0.25, 0.3) is 0 Å². The van der Waals surface area contributed by atoms with E-state index in [1.165, 1.54) is 6.07 Å². The molecule has 0 unspecified atom stereocenters. The number of alkyl halides is 3. The average molecular weight is 248 g/mol. The standard InChI is InChI=1S/C11H15F3N2O/c1-2-7-15-9-4-3-5-10(16-9)17-8-6-11(12,13)14/h3-5H,2,6-8H2,1H3,(H,15,16). The number of rotatable bonds is 6. The Morgan fingerprint density at radius 2 is 2.12 bits per heavy atom. The van der Waals surface area contributed by atoms with Gasteiger partial charge in [0.15, 0.2) is 0 Å². The Labute approximate surface area is 98.0 Å². The molecule has 1 aromatic heterocycles. The van der Waals surface area contributed by atoms with Crippen molar-refractivity contribution in [3.8, 4) is 5.88 Å². The molecule has 1 rings (SSSR count). The third-order valence-corrected chi connectivity index (χ3v) is 1.92. The van der Waals surface area contributed by atoms with Gasteiger partial charge in [0.2, 0.25) is 5.88 Å². The molecule has 0 aliphatic carbocycles. The molecule has 0 aromatic carbocycles. The zero-order valence-electron chi connectivity index (χ0n) is 9.55. The van der Waals surface area contributed by atoms with Crippen LogP contribution >= 0.6 is 0 Å². The van der Waals surface area contributed by atoms with Crippen LogP contribution in [0, 0.1) is 0 Å². The van der Waals surface area contributed by atoms with Gasteiger partial charge >= 0.3 is 6.18 Å². The summed E-state index contributed by atoms with van der Waals surface area (Å²) in [7, 11) is 0. The molecule has 96 valence electrons. The summed E-state index contributed by atoms with van der Waals surface area (Å²) in [6.07, 6.45) is -4.22. The van der Waals surface area contributed by atoms with E-state index < -0.39 is 19.2 Å². The van der Waals surface area contributed by atoms with Crippen LogP contribution in [0.3, 0.4) is 0 Å². The maximum Gasteiger partial charge on any atom is 0.392 e. The van der Waals surface area contributed by atoms with Crippen LogP contribution in [0.15, 0.2) is 18.2 Å². The van der Waals surface area contributed by atoms with E-state index in [1.54, 1.807) is 12.1 Å². The van der Waals surface area contributed by atoms with Crippen molar-refractivity contribution in [2.24, 2.45) is 0 Å². The molecule has 17 heavy (non-hydrogen) atoms. The molecular formula is C11H15F3N2O. The molecule has 0 bridgehead atoms. The maximum atomic E-state index is 11.9. The molecule has 0 amide bonds. The predicted molar refractivity (Wildman–Crippen MR) is 59.2 cm³/mol. The summed E-state index contributed by atoms with van der Waals surface area (Å²) >= 11 is 0. The Morgan fingerprint density at radius 3 is 2.76 bits per heavy atom. The molecule has 1 heterocycles. The Kier molecular flexibility index (Phi) is 5.06. The zero-order valence-corrected chi connectivity index (χ0v) is 9.55. The van der Waals surface area contributed by atoms with Crippen LogP contribution in [0.25, 0.3) is 0 Å². The molecule has 3 nitrogen and oxygen atoms in total. The van der Waals surface area contributed by atoms with Crippen LogP contribution in [-0.2, 0) is 0 Å². The van der Waals surface area contributed by atoms with Crippen molar-refractivity contribution in [2.45, 2.75) is 25.9 Å². The van der Waals surface area contributed by atoms with E-state index >= 15 is 0 Å². The number of nitrogens with zero attached hydrogens (tertiary/aromatic N) is 1. The molecular weight excluding hydrogens is 233 g/mol. The van der Waals surface area contributed by atoms with Crippen LogP contribution in [0.5, 0.6) is 5.88 Å². The van der Waals surface area contributed by atoms with E-state index in [2.05, 4.69) is 10.3 Å². The zero-order chi connectivity index (χ0) is 12.7. The Hall–Kier alpha value is -1.46. The molecule has 6 heteroatoms. The SMILES string of the molecule is CCCNc1cccc(OCCC(F)(F)F)n1. The van der Waals surface area contributed by atoms with Gasteiger partial charge < -0.3 is 10.1 Å². The highest BCUT2D eigenvalue weighted by atomic mass is 19.4. The number of pyridine rings is 1. The van der Waals surface area contributed by atoms with Gasteiger partial charge in [0, 0.05) is 12.6 Å². The van der Waals surface area contributed by atoms with Gasteiger partial charge in [0.05, 0.1) is 13.0 Å². The average Bonchev–Trinajstić information content (AvgIpc) is 2.25. The lowest BCUT2D eigenvalue weighted by Crippen LogP contribution is -2.13.